The first-order chi connectivity index (χ1) is 11.9. The van der Waals surface area contributed by atoms with Gasteiger partial charge >= 0.3 is 5.69 Å². The molecule has 0 saturated heterocycles. The van der Waals surface area contributed by atoms with Crippen LogP contribution in [0.5, 0.6) is 0 Å². The van der Waals surface area contributed by atoms with E-state index in [2.05, 4.69) is 15.1 Å². The van der Waals surface area contributed by atoms with Gasteiger partial charge in [-0.2, -0.15) is 5.10 Å². The molecule has 0 atom stereocenters. The summed E-state index contributed by atoms with van der Waals surface area (Å²) < 4.78 is 3.76. The Morgan fingerprint density at radius 2 is 1.96 bits per heavy atom. The summed E-state index contributed by atoms with van der Waals surface area (Å²) in [5, 5.41) is 4.15. The van der Waals surface area contributed by atoms with E-state index in [0.717, 1.165) is 0 Å². The number of aryl methyl sites for hydroxylation is 3. The number of nitrogens with zero attached hydrogens (tertiary/aromatic N) is 5. The number of imidazole rings is 1. The van der Waals surface area contributed by atoms with Gasteiger partial charge in [0.1, 0.15) is 16.5 Å². The maximum atomic E-state index is 12.5. The largest absolute Gasteiger partial charge is 0.336 e. The van der Waals surface area contributed by atoms with Gasteiger partial charge in [0.15, 0.2) is 5.65 Å². The summed E-state index contributed by atoms with van der Waals surface area (Å²) in [5.41, 5.74) is -0.499. The van der Waals surface area contributed by atoms with Gasteiger partial charge in [-0.05, 0) is 12.5 Å². The van der Waals surface area contributed by atoms with E-state index in [1.165, 1.54) is 25.9 Å². The average Bonchev–Trinajstić information content (AvgIpc) is 3.02. The van der Waals surface area contributed by atoms with Crippen LogP contribution in [0.3, 0.4) is 0 Å². The number of hydrogen-bond acceptors (Lipinski definition) is 5. The Morgan fingerprint density at radius 3 is 2.68 bits per heavy atom. The molecular formula is C15H17ClN6O3. The summed E-state index contributed by atoms with van der Waals surface area (Å²) in [6, 6.07) is 2.76. The number of fused-ring (bicyclic) bond motifs is 1. The van der Waals surface area contributed by atoms with Crippen LogP contribution in [0.15, 0.2) is 26.5 Å². The van der Waals surface area contributed by atoms with Crippen molar-refractivity contribution in [1.29, 1.82) is 0 Å². The number of aromatic amines is 1. The summed E-state index contributed by atoms with van der Waals surface area (Å²) in [4.78, 5) is 43.8. The van der Waals surface area contributed by atoms with Gasteiger partial charge in [0.25, 0.3) is 11.1 Å². The van der Waals surface area contributed by atoms with E-state index in [4.69, 9.17) is 11.6 Å². The van der Waals surface area contributed by atoms with Crippen molar-refractivity contribution in [3.63, 3.8) is 0 Å². The number of nitrogens with one attached hydrogen (secondary N) is 1. The van der Waals surface area contributed by atoms with Gasteiger partial charge in [0, 0.05) is 26.1 Å². The van der Waals surface area contributed by atoms with Crippen LogP contribution >= 0.6 is 11.6 Å². The minimum atomic E-state index is -0.398. The lowest BCUT2D eigenvalue weighted by atomic mass is 10.4. The van der Waals surface area contributed by atoms with Gasteiger partial charge in [-0.3, -0.25) is 18.7 Å². The van der Waals surface area contributed by atoms with Gasteiger partial charge in [-0.15, -0.1) is 0 Å². The second-order valence-corrected chi connectivity index (χ2v) is 6.04. The van der Waals surface area contributed by atoms with E-state index in [9.17, 15) is 14.4 Å². The molecule has 3 heterocycles. The molecule has 10 heteroatoms. The van der Waals surface area contributed by atoms with Gasteiger partial charge in [0.2, 0.25) is 0 Å². The van der Waals surface area contributed by atoms with Crippen molar-refractivity contribution in [3.05, 3.63) is 54.3 Å². The SMILES string of the molecule is CCCn1c(=O)c2[nH]c(CCn3nc(Cl)ccc3=O)nc2n(C)c1=O. The van der Waals surface area contributed by atoms with Crippen molar-refractivity contribution in [2.45, 2.75) is 32.9 Å². The Morgan fingerprint density at radius 1 is 1.20 bits per heavy atom. The second kappa shape index (κ2) is 6.67. The summed E-state index contributed by atoms with van der Waals surface area (Å²) in [6.45, 7) is 2.48. The lowest BCUT2D eigenvalue weighted by molar-refractivity contribution is 0.569. The predicted molar refractivity (Wildman–Crippen MR) is 93.1 cm³/mol. The number of halogens is 1. The molecule has 0 unspecified atom stereocenters. The predicted octanol–water partition coefficient (Wildman–Crippen LogP) is 0.286. The van der Waals surface area contributed by atoms with Crippen molar-refractivity contribution in [2.24, 2.45) is 7.05 Å². The van der Waals surface area contributed by atoms with Crippen LogP contribution in [-0.2, 0) is 26.6 Å². The average molecular weight is 365 g/mol. The van der Waals surface area contributed by atoms with E-state index in [-0.39, 0.29) is 22.8 Å². The lowest BCUT2D eigenvalue weighted by Crippen LogP contribution is -2.39. The number of rotatable bonds is 5. The topological polar surface area (TPSA) is 108 Å². The van der Waals surface area contributed by atoms with Crippen LogP contribution in [-0.4, -0.2) is 28.9 Å². The summed E-state index contributed by atoms with van der Waals surface area (Å²) in [6.07, 6.45) is 1.01. The Labute approximate surface area is 146 Å². The van der Waals surface area contributed by atoms with Crippen molar-refractivity contribution in [1.82, 2.24) is 28.9 Å². The highest BCUT2D eigenvalue weighted by molar-refractivity contribution is 6.29. The summed E-state index contributed by atoms with van der Waals surface area (Å²) >= 11 is 5.79. The van der Waals surface area contributed by atoms with Crippen LogP contribution in [0.25, 0.3) is 11.2 Å². The van der Waals surface area contributed by atoms with Gasteiger partial charge in [0.05, 0.1) is 6.54 Å². The van der Waals surface area contributed by atoms with E-state index in [1.807, 2.05) is 6.92 Å². The molecule has 0 bridgehead atoms. The van der Waals surface area contributed by atoms with Crippen molar-refractivity contribution in [3.8, 4) is 0 Å². The smallest absolute Gasteiger partial charge is 0.332 e. The second-order valence-electron chi connectivity index (χ2n) is 5.65. The summed E-state index contributed by atoms with van der Waals surface area (Å²) in [5.74, 6) is 0.491. The molecule has 3 aromatic heterocycles. The first-order valence-corrected chi connectivity index (χ1v) is 8.22. The van der Waals surface area contributed by atoms with Gasteiger partial charge in [-0.25, -0.2) is 14.5 Å². The Kier molecular flexibility index (Phi) is 4.58. The zero-order chi connectivity index (χ0) is 18.1. The Balaban J connectivity index is 1.99. The molecule has 0 fully saturated rings. The number of aromatic nitrogens is 6. The fourth-order valence-electron chi connectivity index (χ4n) is 2.63. The van der Waals surface area contributed by atoms with Crippen molar-refractivity contribution >= 4 is 22.8 Å². The van der Waals surface area contributed by atoms with Crippen LogP contribution in [0.1, 0.15) is 19.2 Å². The molecule has 0 amide bonds. The molecule has 9 nitrogen and oxygen atoms in total. The van der Waals surface area contributed by atoms with Gasteiger partial charge < -0.3 is 4.98 Å². The normalized spacial score (nSPS) is 11.3. The molecule has 3 aromatic rings. The zero-order valence-corrected chi connectivity index (χ0v) is 14.6. The van der Waals surface area contributed by atoms with E-state index in [0.29, 0.717) is 30.9 Å². The van der Waals surface area contributed by atoms with Gasteiger partial charge in [-0.1, -0.05) is 18.5 Å². The molecule has 0 spiro atoms. The molecule has 0 aliphatic heterocycles. The molecule has 1 N–H and O–H groups in total. The fourth-order valence-corrected chi connectivity index (χ4v) is 2.79. The van der Waals surface area contributed by atoms with E-state index >= 15 is 0 Å². The maximum absolute atomic E-state index is 12.5. The third-order valence-corrected chi connectivity index (χ3v) is 4.07. The minimum Gasteiger partial charge on any atom is -0.336 e. The highest BCUT2D eigenvalue weighted by atomic mass is 35.5. The van der Waals surface area contributed by atoms with E-state index < -0.39 is 11.2 Å². The fraction of sp³-hybridized carbons (Fsp3) is 0.400. The molecule has 0 aliphatic rings. The first-order valence-electron chi connectivity index (χ1n) is 7.84. The molecule has 132 valence electrons. The molecule has 0 saturated carbocycles. The highest BCUT2D eigenvalue weighted by Gasteiger charge is 2.15. The number of hydrogen-bond donors (Lipinski definition) is 1. The molecule has 3 rings (SSSR count). The third-order valence-electron chi connectivity index (χ3n) is 3.87. The Bertz CT molecular complexity index is 1110. The molecular weight excluding hydrogens is 348 g/mol. The van der Waals surface area contributed by atoms with Crippen molar-refractivity contribution < 1.29 is 0 Å². The lowest BCUT2D eigenvalue weighted by Gasteiger charge is -2.05. The number of H-pyrrole nitrogens is 1. The van der Waals surface area contributed by atoms with E-state index in [1.54, 1.807) is 7.05 Å². The van der Waals surface area contributed by atoms with Crippen LogP contribution < -0.4 is 16.8 Å². The summed E-state index contributed by atoms with van der Waals surface area (Å²) in [7, 11) is 1.57. The molecule has 0 radical (unpaired) electrons. The molecule has 0 aromatic carbocycles. The monoisotopic (exact) mass is 364 g/mol. The quantitative estimate of drug-likeness (QED) is 0.700. The van der Waals surface area contributed by atoms with Crippen LogP contribution in [0.2, 0.25) is 5.15 Å². The third kappa shape index (κ3) is 3.14. The first kappa shape index (κ1) is 17.2. The maximum Gasteiger partial charge on any atom is 0.332 e. The molecule has 0 aliphatic carbocycles. The highest BCUT2D eigenvalue weighted by Crippen LogP contribution is 2.06. The van der Waals surface area contributed by atoms with Crippen molar-refractivity contribution in [2.75, 3.05) is 0 Å². The Hall–Kier alpha value is -2.68. The standard InChI is InChI=1S/C15H17ClN6O3/c1-3-7-21-14(24)12-13(20(2)15(21)25)18-10(17-12)6-8-22-11(23)5-4-9(16)19-22/h4-5H,3,6-8H2,1-2H3,(H,17,18). The minimum absolute atomic E-state index is 0.217. The molecule has 25 heavy (non-hydrogen) atoms. The van der Waals surface area contributed by atoms with Crippen LogP contribution in [0.4, 0.5) is 0 Å². The zero-order valence-electron chi connectivity index (χ0n) is 13.8. The van der Waals surface area contributed by atoms with Crippen LogP contribution in [0, 0.1) is 0 Å².